The SMILES string of the molecule is O=C(/C=C/c1ccccc1[N+](=O)[O-])Nc1ccc(C2CCN(C(=O)c3ccc(OC(F)F)cc3)CC2)cc1. The number of likely N-dealkylation sites (tertiary alicyclic amines) is 1. The van der Waals surface area contributed by atoms with Crippen LogP contribution in [0.1, 0.15) is 40.2 Å². The Labute approximate surface area is 217 Å². The van der Waals surface area contributed by atoms with Crippen molar-refractivity contribution in [2.75, 3.05) is 18.4 Å². The maximum Gasteiger partial charge on any atom is 0.387 e. The number of nitro benzene ring substituents is 1. The summed E-state index contributed by atoms with van der Waals surface area (Å²) in [6.45, 7) is -1.79. The molecule has 0 aromatic heterocycles. The molecule has 1 N–H and O–H groups in total. The van der Waals surface area contributed by atoms with E-state index in [4.69, 9.17) is 0 Å². The molecule has 4 rings (SSSR count). The Morgan fingerprint density at radius 1 is 1.00 bits per heavy atom. The highest BCUT2D eigenvalue weighted by atomic mass is 19.3. The number of amides is 2. The van der Waals surface area contributed by atoms with Gasteiger partial charge < -0.3 is 15.0 Å². The average Bonchev–Trinajstić information content (AvgIpc) is 2.92. The number of hydrogen-bond donors (Lipinski definition) is 1. The van der Waals surface area contributed by atoms with Crippen LogP contribution in [0.5, 0.6) is 5.75 Å². The summed E-state index contributed by atoms with van der Waals surface area (Å²) in [5.74, 6) is -0.300. The highest BCUT2D eigenvalue weighted by Crippen LogP contribution is 2.30. The van der Waals surface area contributed by atoms with Gasteiger partial charge in [0.1, 0.15) is 5.75 Å². The van der Waals surface area contributed by atoms with Gasteiger partial charge in [-0.1, -0.05) is 24.3 Å². The number of ether oxygens (including phenoxy) is 1. The zero-order chi connectivity index (χ0) is 27.1. The minimum atomic E-state index is -2.91. The number of piperidine rings is 1. The lowest BCUT2D eigenvalue weighted by atomic mass is 9.89. The van der Waals surface area contributed by atoms with Gasteiger partial charge in [0.2, 0.25) is 5.91 Å². The van der Waals surface area contributed by atoms with Gasteiger partial charge in [0, 0.05) is 36.5 Å². The van der Waals surface area contributed by atoms with Gasteiger partial charge >= 0.3 is 6.61 Å². The largest absolute Gasteiger partial charge is 0.435 e. The van der Waals surface area contributed by atoms with Gasteiger partial charge in [0.05, 0.1) is 10.5 Å². The molecule has 38 heavy (non-hydrogen) atoms. The van der Waals surface area contributed by atoms with Crippen molar-refractivity contribution in [2.45, 2.75) is 25.4 Å². The van der Waals surface area contributed by atoms with E-state index in [0.717, 1.165) is 18.4 Å². The molecule has 3 aromatic carbocycles. The van der Waals surface area contributed by atoms with E-state index >= 15 is 0 Å². The predicted molar refractivity (Wildman–Crippen MR) is 138 cm³/mol. The van der Waals surface area contributed by atoms with Crippen molar-refractivity contribution in [3.63, 3.8) is 0 Å². The second-order valence-corrected chi connectivity index (χ2v) is 8.73. The second kappa shape index (κ2) is 12.1. The zero-order valence-corrected chi connectivity index (χ0v) is 20.3. The van der Waals surface area contributed by atoms with Crippen molar-refractivity contribution in [2.24, 2.45) is 0 Å². The Morgan fingerprint density at radius 3 is 2.29 bits per heavy atom. The lowest BCUT2D eigenvalue weighted by Crippen LogP contribution is -2.37. The number of carbonyl (C=O) groups excluding carboxylic acids is 2. The normalized spacial score (nSPS) is 14.0. The Kier molecular flexibility index (Phi) is 8.42. The summed E-state index contributed by atoms with van der Waals surface area (Å²) in [6, 6.07) is 19.3. The molecular weight excluding hydrogens is 496 g/mol. The van der Waals surface area contributed by atoms with E-state index in [9.17, 15) is 28.5 Å². The van der Waals surface area contributed by atoms with Crippen LogP contribution in [0, 0.1) is 10.1 Å². The van der Waals surface area contributed by atoms with Gasteiger partial charge in [-0.05, 0) is 72.9 Å². The molecule has 0 atom stereocenters. The molecule has 196 valence electrons. The number of anilines is 1. The Morgan fingerprint density at radius 2 is 1.66 bits per heavy atom. The van der Waals surface area contributed by atoms with Crippen LogP contribution < -0.4 is 10.1 Å². The molecule has 1 aliphatic heterocycles. The number of halogens is 2. The fourth-order valence-corrected chi connectivity index (χ4v) is 4.36. The summed E-state index contributed by atoms with van der Waals surface area (Å²) in [5.41, 5.74) is 2.37. The molecule has 0 aliphatic carbocycles. The zero-order valence-electron chi connectivity index (χ0n) is 20.3. The van der Waals surface area contributed by atoms with E-state index < -0.39 is 17.4 Å². The molecule has 3 aromatic rings. The average molecular weight is 522 g/mol. The highest BCUT2D eigenvalue weighted by molar-refractivity contribution is 6.02. The van der Waals surface area contributed by atoms with Crippen LogP contribution >= 0.6 is 0 Å². The van der Waals surface area contributed by atoms with Gasteiger partial charge in [-0.25, -0.2) is 0 Å². The molecule has 0 bridgehead atoms. The number of para-hydroxylation sites is 1. The molecule has 8 nitrogen and oxygen atoms in total. The Bertz CT molecular complexity index is 1320. The highest BCUT2D eigenvalue weighted by Gasteiger charge is 2.24. The van der Waals surface area contributed by atoms with Crippen LogP contribution in [-0.2, 0) is 4.79 Å². The molecule has 1 fully saturated rings. The summed E-state index contributed by atoms with van der Waals surface area (Å²) in [5, 5.41) is 13.8. The first-order chi connectivity index (χ1) is 18.3. The van der Waals surface area contributed by atoms with E-state index in [2.05, 4.69) is 10.1 Å². The van der Waals surface area contributed by atoms with E-state index in [1.807, 2.05) is 12.1 Å². The monoisotopic (exact) mass is 521 g/mol. The number of hydrogen-bond acceptors (Lipinski definition) is 5. The minimum absolute atomic E-state index is 0.00564. The summed E-state index contributed by atoms with van der Waals surface area (Å²) < 4.78 is 28.9. The van der Waals surface area contributed by atoms with Gasteiger partial charge in [0.25, 0.3) is 11.6 Å². The number of carbonyl (C=O) groups is 2. The van der Waals surface area contributed by atoms with E-state index in [1.54, 1.807) is 35.2 Å². The summed E-state index contributed by atoms with van der Waals surface area (Å²) in [6.07, 6.45) is 4.19. The molecule has 0 saturated carbocycles. The van der Waals surface area contributed by atoms with Gasteiger partial charge in [0.15, 0.2) is 0 Å². The topological polar surface area (TPSA) is 102 Å². The van der Waals surface area contributed by atoms with Crippen molar-refractivity contribution in [1.82, 2.24) is 4.90 Å². The molecule has 1 saturated heterocycles. The molecular formula is C28H25F2N3O5. The van der Waals surface area contributed by atoms with Crippen LogP contribution in [0.4, 0.5) is 20.2 Å². The lowest BCUT2D eigenvalue weighted by Gasteiger charge is -2.32. The van der Waals surface area contributed by atoms with E-state index in [1.165, 1.54) is 42.5 Å². The third-order valence-electron chi connectivity index (χ3n) is 6.31. The summed E-state index contributed by atoms with van der Waals surface area (Å²) in [4.78, 5) is 37.4. The number of rotatable bonds is 8. The number of benzene rings is 3. The molecule has 0 radical (unpaired) electrons. The maximum absolute atomic E-state index is 12.8. The minimum Gasteiger partial charge on any atom is -0.435 e. The molecule has 1 heterocycles. The van der Waals surface area contributed by atoms with Crippen LogP contribution in [0.2, 0.25) is 0 Å². The first-order valence-electron chi connectivity index (χ1n) is 12.0. The van der Waals surface area contributed by atoms with E-state index in [-0.39, 0.29) is 23.3 Å². The van der Waals surface area contributed by atoms with Crippen molar-refractivity contribution >= 4 is 29.3 Å². The number of nitro groups is 1. The van der Waals surface area contributed by atoms with Crippen molar-refractivity contribution < 1.29 is 28.0 Å². The fourth-order valence-electron chi connectivity index (χ4n) is 4.36. The molecule has 10 heteroatoms. The molecule has 0 spiro atoms. The van der Waals surface area contributed by atoms with Crippen LogP contribution in [0.3, 0.4) is 0 Å². The van der Waals surface area contributed by atoms with Crippen molar-refractivity contribution in [1.29, 1.82) is 0 Å². The maximum atomic E-state index is 12.8. The third-order valence-corrected chi connectivity index (χ3v) is 6.31. The van der Waals surface area contributed by atoms with E-state index in [0.29, 0.717) is 29.9 Å². The van der Waals surface area contributed by atoms with Crippen LogP contribution in [0.15, 0.2) is 78.9 Å². The smallest absolute Gasteiger partial charge is 0.387 e. The third kappa shape index (κ3) is 6.78. The predicted octanol–water partition coefficient (Wildman–Crippen LogP) is 5.87. The van der Waals surface area contributed by atoms with Gasteiger partial charge in [-0.2, -0.15) is 8.78 Å². The number of nitrogens with zero attached hydrogens (tertiary/aromatic N) is 2. The van der Waals surface area contributed by atoms with Gasteiger partial charge in [-0.15, -0.1) is 0 Å². The quantitative estimate of drug-likeness (QED) is 0.227. The Balaban J connectivity index is 1.29. The van der Waals surface area contributed by atoms with Crippen LogP contribution in [-0.4, -0.2) is 41.3 Å². The Hall–Kier alpha value is -4.60. The van der Waals surface area contributed by atoms with Gasteiger partial charge in [-0.3, -0.25) is 19.7 Å². The second-order valence-electron chi connectivity index (χ2n) is 8.73. The molecule has 1 aliphatic rings. The summed E-state index contributed by atoms with van der Waals surface area (Å²) in [7, 11) is 0. The van der Waals surface area contributed by atoms with Crippen molar-refractivity contribution in [3.8, 4) is 5.75 Å². The first-order valence-corrected chi connectivity index (χ1v) is 12.0. The van der Waals surface area contributed by atoms with Crippen LogP contribution in [0.25, 0.3) is 6.08 Å². The molecule has 0 unspecified atom stereocenters. The summed E-state index contributed by atoms with van der Waals surface area (Å²) >= 11 is 0. The fraction of sp³-hybridized carbons (Fsp3) is 0.214. The standard InChI is InChI=1S/C28H25F2N3O5/c29-28(30)38-24-12-7-22(8-13-24)27(35)32-17-15-20(16-18-32)19-5-10-23(11-6-19)31-26(34)14-9-21-3-1-2-4-25(21)33(36)37/h1-14,20,28H,15-18H2,(H,31,34)/b14-9+. The molecule has 2 amide bonds. The van der Waals surface area contributed by atoms with Crippen molar-refractivity contribution in [3.05, 3.63) is 106 Å². The number of alkyl halides is 2. The number of nitrogens with one attached hydrogen (secondary N) is 1. The lowest BCUT2D eigenvalue weighted by molar-refractivity contribution is -0.385. The first kappa shape index (κ1) is 26.5.